The maximum Gasteiger partial charge on any atom is 0.323 e. The number of fused-ring (bicyclic) bond motifs is 1. The molecule has 9 heteroatoms. The summed E-state index contributed by atoms with van der Waals surface area (Å²) in [5.74, 6) is -0.0880. The van der Waals surface area contributed by atoms with Crippen LogP contribution in [0.1, 0.15) is 26.7 Å². The third kappa shape index (κ3) is 3.80. The second-order valence-electron chi connectivity index (χ2n) is 7.95. The highest BCUT2D eigenvalue weighted by molar-refractivity contribution is 6.02. The van der Waals surface area contributed by atoms with Gasteiger partial charge in [-0.3, -0.25) is 4.79 Å². The summed E-state index contributed by atoms with van der Waals surface area (Å²) >= 11 is 0. The van der Waals surface area contributed by atoms with Crippen molar-refractivity contribution in [2.75, 3.05) is 23.8 Å². The normalized spacial score (nSPS) is 17.6. The molecule has 1 aliphatic rings. The lowest BCUT2D eigenvalue weighted by Crippen LogP contribution is -2.40. The van der Waals surface area contributed by atoms with Crippen molar-refractivity contribution in [3.63, 3.8) is 0 Å². The number of aromatic amines is 1. The molecule has 0 aromatic carbocycles. The number of hydrogen-bond donors (Lipinski definition) is 3. The molecule has 1 aliphatic heterocycles. The molecule has 0 aliphatic carbocycles. The number of ether oxygens (including phenoxy) is 1. The van der Waals surface area contributed by atoms with Crippen LogP contribution in [-0.2, 0) is 9.53 Å². The van der Waals surface area contributed by atoms with Gasteiger partial charge in [0.05, 0.1) is 22.8 Å². The molecule has 9 nitrogen and oxygen atoms in total. The number of nitrogen functional groups attached to an aromatic ring is 1. The lowest BCUT2D eigenvalue weighted by Gasteiger charge is -2.28. The van der Waals surface area contributed by atoms with Crippen molar-refractivity contribution < 1.29 is 9.53 Å². The lowest BCUT2D eigenvalue weighted by molar-refractivity contribution is -0.146. The number of rotatable bonds is 6. The molecule has 3 aromatic rings. The van der Waals surface area contributed by atoms with Gasteiger partial charge in [-0.25, -0.2) is 15.0 Å². The zero-order valence-corrected chi connectivity index (χ0v) is 17.2. The lowest BCUT2D eigenvalue weighted by atomic mass is 10.1. The van der Waals surface area contributed by atoms with E-state index >= 15 is 0 Å². The van der Waals surface area contributed by atoms with Crippen LogP contribution < -0.4 is 16.4 Å². The summed E-state index contributed by atoms with van der Waals surface area (Å²) in [6.07, 6.45) is 7.26. The summed E-state index contributed by atoms with van der Waals surface area (Å²) in [7, 11) is 0. The van der Waals surface area contributed by atoms with E-state index in [1.165, 1.54) is 0 Å². The number of aromatic nitrogens is 4. The number of carbonyl (C=O) groups is 1. The number of nitrogens with zero attached hydrogens (tertiary/aromatic N) is 4. The van der Waals surface area contributed by atoms with Crippen LogP contribution in [0.3, 0.4) is 0 Å². The Labute approximate surface area is 174 Å². The van der Waals surface area contributed by atoms with Crippen molar-refractivity contribution in [1.29, 1.82) is 0 Å². The van der Waals surface area contributed by atoms with Gasteiger partial charge in [-0.05, 0) is 30.9 Å². The zero-order valence-electron chi connectivity index (χ0n) is 17.2. The number of nitrogens with two attached hydrogens (primary N) is 2. The molecule has 0 bridgehead atoms. The summed E-state index contributed by atoms with van der Waals surface area (Å²) in [6.45, 7) is 5.00. The molecule has 3 aromatic heterocycles. The van der Waals surface area contributed by atoms with Crippen molar-refractivity contribution >= 4 is 28.6 Å². The molecule has 158 valence electrons. The van der Waals surface area contributed by atoms with Crippen molar-refractivity contribution in [1.82, 2.24) is 19.9 Å². The molecule has 0 saturated carbocycles. The molecule has 0 radical (unpaired) electrons. The van der Waals surface area contributed by atoms with Gasteiger partial charge in [0.2, 0.25) is 5.95 Å². The highest BCUT2D eigenvalue weighted by Crippen LogP contribution is 2.37. The number of nitrogens with one attached hydrogen (secondary N) is 1. The SMILES string of the molecule is CC(C)C(N)C(=O)OCC1CCCN1c1ccnc2[nH]cc(-c3ccnc(N)n3)c12. The fourth-order valence-corrected chi connectivity index (χ4v) is 3.88. The summed E-state index contributed by atoms with van der Waals surface area (Å²) in [6, 6.07) is 3.29. The van der Waals surface area contributed by atoms with E-state index in [0.29, 0.717) is 6.61 Å². The van der Waals surface area contributed by atoms with Gasteiger partial charge in [0.1, 0.15) is 18.3 Å². The molecular weight excluding hydrogens is 382 g/mol. The van der Waals surface area contributed by atoms with Crippen LogP contribution in [0.2, 0.25) is 0 Å². The van der Waals surface area contributed by atoms with E-state index in [9.17, 15) is 4.79 Å². The average molecular weight is 409 g/mol. The smallest absolute Gasteiger partial charge is 0.323 e. The van der Waals surface area contributed by atoms with Crippen LogP contribution in [-0.4, -0.2) is 51.1 Å². The number of anilines is 2. The van der Waals surface area contributed by atoms with Gasteiger partial charge in [-0.1, -0.05) is 13.8 Å². The first-order valence-corrected chi connectivity index (χ1v) is 10.2. The van der Waals surface area contributed by atoms with Crippen molar-refractivity contribution in [2.45, 2.75) is 38.8 Å². The highest BCUT2D eigenvalue weighted by Gasteiger charge is 2.29. The molecule has 2 atom stereocenters. The zero-order chi connectivity index (χ0) is 21.3. The van der Waals surface area contributed by atoms with Crippen LogP contribution in [0.15, 0.2) is 30.7 Å². The van der Waals surface area contributed by atoms with E-state index in [2.05, 4.69) is 24.8 Å². The Bertz CT molecular complexity index is 1050. The van der Waals surface area contributed by atoms with E-state index in [4.69, 9.17) is 16.2 Å². The summed E-state index contributed by atoms with van der Waals surface area (Å²) in [5, 5.41) is 0.965. The third-order valence-corrected chi connectivity index (χ3v) is 5.60. The second kappa shape index (κ2) is 8.27. The van der Waals surface area contributed by atoms with Gasteiger partial charge in [0.15, 0.2) is 0 Å². The van der Waals surface area contributed by atoms with Gasteiger partial charge in [0, 0.05) is 30.7 Å². The largest absolute Gasteiger partial charge is 0.462 e. The number of carbonyl (C=O) groups excluding carboxylic acids is 1. The number of esters is 1. The van der Waals surface area contributed by atoms with E-state index in [0.717, 1.165) is 47.4 Å². The number of hydrogen-bond acceptors (Lipinski definition) is 8. The molecule has 5 N–H and O–H groups in total. The Hall–Kier alpha value is -3.20. The van der Waals surface area contributed by atoms with E-state index in [-0.39, 0.29) is 23.9 Å². The van der Waals surface area contributed by atoms with Crippen LogP contribution in [0, 0.1) is 5.92 Å². The monoisotopic (exact) mass is 409 g/mol. The summed E-state index contributed by atoms with van der Waals surface area (Å²) < 4.78 is 5.56. The first-order valence-electron chi connectivity index (χ1n) is 10.2. The molecular formula is C21H27N7O2. The minimum absolute atomic E-state index is 0.0414. The maximum atomic E-state index is 12.2. The molecule has 1 fully saturated rings. The Morgan fingerprint density at radius 3 is 2.90 bits per heavy atom. The summed E-state index contributed by atoms with van der Waals surface area (Å²) in [5.41, 5.74) is 15.1. The Morgan fingerprint density at radius 2 is 2.13 bits per heavy atom. The van der Waals surface area contributed by atoms with Gasteiger partial charge in [-0.2, -0.15) is 0 Å². The highest BCUT2D eigenvalue weighted by atomic mass is 16.5. The van der Waals surface area contributed by atoms with Crippen LogP contribution in [0.25, 0.3) is 22.3 Å². The molecule has 4 rings (SSSR count). The van der Waals surface area contributed by atoms with E-state index < -0.39 is 6.04 Å². The van der Waals surface area contributed by atoms with Gasteiger partial charge in [-0.15, -0.1) is 0 Å². The molecule has 30 heavy (non-hydrogen) atoms. The van der Waals surface area contributed by atoms with Crippen molar-refractivity contribution in [2.24, 2.45) is 11.7 Å². The fraction of sp³-hybridized carbons (Fsp3) is 0.429. The number of pyridine rings is 1. The van der Waals surface area contributed by atoms with Gasteiger partial charge in [0.25, 0.3) is 0 Å². The predicted molar refractivity (Wildman–Crippen MR) is 116 cm³/mol. The fourth-order valence-electron chi connectivity index (χ4n) is 3.88. The topological polar surface area (TPSA) is 136 Å². The Balaban J connectivity index is 1.64. The first-order chi connectivity index (χ1) is 14.5. The van der Waals surface area contributed by atoms with E-state index in [1.54, 1.807) is 12.4 Å². The van der Waals surface area contributed by atoms with Gasteiger partial charge >= 0.3 is 5.97 Å². The average Bonchev–Trinajstić information content (AvgIpc) is 3.38. The predicted octanol–water partition coefficient (Wildman–Crippen LogP) is 2.10. The number of H-pyrrole nitrogens is 1. The Kier molecular flexibility index (Phi) is 5.54. The van der Waals surface area contributed by atoms with Crippen molar-refractivity contribution in [3.8, 4) is 11.3 Å². The van der Waals surface area contributed by atoms with Crippen LogP contribution in [0.5, 0.6) is 0 Å². The minimum atomic E-state index is -0.605. The van der Waals surface area contributed by atoms with Crippen LogP contribution >= 0.6 is 0 Å². The Morgan fingerprint density at radius 1 is 1.33 bits per heavy atom. The quantitative estimate of drug-likeness (QED) is 0.527. The molecule has 0 spiro atoms. The first kappa shape index (κ1) is 20.1. The van der Waals surface area contributed by atoms with Crippen LogP contribution in [0.4, 0.5) is 11.6 Å². The van der Waals surface area contributed by atoms with Crippen molar-refractivity contribution in [3.05, 3.63) is 30.7 Å². The van der Waals surface area contributed by atoms with Gasteiger partial charge < -0.3 is 26.1 Å². The third-order valence-electron chi connectivity index (χ3n) is 5.60. The maximum absolute atomic E-state index is 12.2. The molecule has 0 amide bonds. The molecule has 1 saturated heterocycles. The summed E-state index contributed by atoms with van der Waals surface area (Å²) in [4.78, 5) is 30.5. The standard InChI is InChI=1S/C21H27N7O2/c1-12(2)18(22)20(29)30-11-13-4-3-9-28(13)16-6-8-24-19-17(16)14(10-26-19)15-5-7-25-21(23)27-15/h5-8,10,12-13,18H,3-4,9,11,22H2,1-2H3,(H,24,26)(H2,23,25,27). The molecule has 4 heterocycles. The second-order valence-corrected chi connectivity index (χ2v) is 7.95. The molecule has 2 unspecified atom stereocenters. The van der Waals surface area contributed by atoms with E-state index in [1.807, 2.05) is 32.2 Å². The minimum Gasteiger partial charge on any atom is -0.462 e.